The molecule has 0 unspecified atom stereocenters. The zero-order chi connectivity index (χ0) is 16.9. The van der Waals surface area contributed by atoms with Crippen LogP contribution in [0.25, 0.3) is 0 Å². The number of rotatable bonds is 5. The second-order valence-corrected chi connectivity index (χ2v) is 7.49. The number of piperidine rings is 1. The first kappa shape index (κ1) is 17.0. The number of aromatic nitrogens is 3. The minimum atomic E-state index is 0.244. The fourth-order valence-electron chi connectivity index (χ4n) is 3.34. The third-order valence-corrected chi connectivity index (χ3v) is 5.46. The molecule has 2 aromatic rings. The number of carbonyl (C=O) groups is 1. The van der Waals surface area contributed by atoms with Crippen molar-refractivity contribution in [1.29, 1.82) is 0 Å². The van der Waals surface area contributed by atoms with Crippen LogP contribution < -0.4 is 0 Å². The van der Waals surface area contributed by atoms with E-state index in [4.69, 9.17) is 0 Å². The predicted octanol–water partition coefficient (Wildman–Crippen LogP) is 3.25. The van der Waals surface area contributed by atoms with Gasteiger partial charge in [0.2, 0.25) is 11.1 Å². The molecule has 0 saturated carbocycles. The molecule has 1 saturated heterocycles. The van der Waals surface area contributed by atoms with Crippen molar-refractivity contribution in [1.82, 2.24) is 20.1 Å². The van der Waals surface area contributed by atoms with Crippen molar-refractivity contribution < 1.29 is 4.79 Å². The molecule has 1 aliphatic heterocycles. The van der Waals surface area contributed by atoms with Crippen LogP contribution in [0.5, 0.6) is 0 Å². The fraction of sp³-hybridized carbons (Fsp3) is 0.500. The highest BCUT2D eigenvalue weighted by atomic mass is 32.2. The molecule has 1 N–H and O–H groups in total. The molecule has 3 rings (SSSR count). The summed E-state index contributed by atoms with van der Waals surface area (Å²) >= 11 is 1.53. The van der Waals surface area contributed by atoms with Crippen molar-refractivity contribution >= 4 is 17.7 Å². The van der Waals surface area contributed by atoms with Crippen LogP contribution in [-0.2, 0) is 4.79 Å². The maximum absolute atomic E-state index is 12.4. The Kier molecular flexibility index (Phi) is 5.56. The quantitative estimate of drug-likeness (QED) is 0.846. The molecule has 0 spiro atoms. The molecule has 5 nitrogen and oxygen atoms in total. The number of benzene rings is 1. The number of nitrogens with one attached hydrogen (secondary N) is 1. The van der Waals surface area contributed by atoms with E-state index in [1.54, 1.807) is 0 Å². The van der Waals surface area contributed by atoms with Crippen LogP contribution in [0, 0.1) is 12.8 Å². The highest BCUT2D eigenvalue weighted by Gasteiger charge is 2.29. The van der Waals surface area contributed by atoms with Gasteiger partial charge in [0.25, 0.3) is 0 Å². The lowest BCUT2D eigenvalue weighted by atomic mass is 9.81. The molecule has 6 heteroatoms. The molecule has 0 bridgehead atoms. The number of nitrogens with zero attached hydrogens (tertiary/aromatic N) is 3. The molecule has 24 heavy (non-hydrogen) atoms. The summed E-state index contributed by atoms with van der Waals surface area (Å²) in [7, 11) is 0. The van der Waals surface area contributed by atoms with E-state index in [-0.39, 0.29) is 5.91 Å². The molecular weight excluding hydrogens is 320 g/mol. The Morgan fingerprint density at radius 3 is 2.83 bits per heavy atom. The van der Waals surface area contributed by atoms with Gasteiger partial charge in [0.05, 0.1) is 0 Å². The maximum Gasteiger partial charge on any atom is 0.223 e. The van der Waals surface area contributed by atoms with Crippen molar-refractivity contribution in [3.63, 3.8) is 0 Å². The van der Waals surface area contributed by atoms with Crippen molar-refractivity contribution in [2.75, 3.05) is 18.8 Å². The Morgan fingerprint density at radius 1 is 1.38 bits per heavy atom. The lowest BCUT2D eigenvalue weighted by molar-refractivity contribution is -0.132. The Balaban J connectivity index is 1.47. The average molecular weight is 344 g/mol. The smallest absolute Gasteiger partial charge is 0.223 e. The van der Waals surface area contributed by atoms with E-state index in [9.17, 15) is 4.79 Å². The predicted molar refractivity (Wildman–Crippen MR) is 96.0 cm³/mol. The summed E-state index contributed by atoms with van der Waals surface area (Å²) in [5.41, 5.74) is 1.40. The Morgan fingerprint density at radius 2 is 2.17 bits per heavy atom. The molecule has 128 valence electrons. The fourth-order valence-corrected chi connectivity index (χ4v) is 4.11. The van der Waals surface area contributed by atoms with E-state index < -0.39 is 0 Å². The third kappa shape index (κ3) is 4.17. The summed E-state index contributed by atoms with van der Waals surface area (Å²) in [4.78, 5) is 18.7. The number of hydrogen-bond donors (Lipinski definition) is 1. The summed E-state index contributed by atoms with van der Waals surface area (Å²) in [6.45, 7) is 5.83. The maximum atomic E-state index is 12.4. The minimum absolute atomic E-state index is 0.244. The summed E-state index contributed by atoms with van der Waals surface area (Å²) < 4.78 is 0. The number of likely N-dealkylation sites (tertiary alicyclic amines) is 1. The van der Waals surface area contributed by atoms with E-state index in [0.717, 1.165) is 36.2 Å². The van der Waals surface area contributed by atoms with Gasteiger partial charge >= 0.3 is 0 Å². The Hall–Kier alpha value is -1.82. The van der Waals surface area contributed by atoms with Crippen LogP contribution in [0.15, 0.2) is 35.5 Å². The normalized spacial score (nSPS) is 21.0. The van der Waals surface area contributed by atoms with Crippen LogP contribution in [0.2, 0.25) is 0 Å². The molecule has 1 aromatic heterocycles. The molecule has 0 aliphatic carbocycles. The van der Waals surface area contributed by atoms with Gasteiger partial charge in [-0.15, -0.1) is 5.10 Å². The van der Waals surface area contributed by atoms with Gasteiger partial charge in [0.1, 0.15) is 5.82 Å². The number of thioether (sulfide) groups is 1. The number of hydrogen-bond acceptors (Lipinski definition) is 4. The van der Waals surface area contributed by atoms with Gasteiger partial charge < -0.3 is 4.90 Å². The molecule has 1 aromatic carbocycles. The molecular formula is C18H24N4OS. The average Bonchev–Trinajstić information content (AvgIpc) is 3.00. The van der Waals surface area contributed by atoms with Crippen molar-refractivity contribution in [3.8, 4) is 0 Å². The SMILES string of the molecule is Cc1nc(SCCC(=O)N2CC[C@@H](c3ccccc3)[C@@H](C)C2)n[nH]1. The standard InChI is InChI=1S/C18H24N4OS/c1-13-12-22(10-8-16(13)15-6-4-3-5-7-15)17(23)9-11-24-18-19-14(2)20-21-18/h3-7,13,16H,8-12H2,1-2H3,(H,19,20,21)/t13-,16+/m0/s1. The van der Waals surface area contributed by atoms with E-state index in [2.05, 4.69) is 52.4 Å². The highest BCUT2D eigenvalue weighted by molar-refractivity contribution is 7.99. The summed E-state index contributed by atoms with van der Waals surface area (Å²) in [6, 6.07) is 10.7. The summed E-state index contributed by atoms with van der Waals surface area (Å²) in [5.74, 6) is 2.83. The van der Waals surface area contributed by atoms with Gasteiger partial charge in [-0.1, -0.05) is 49.0 Å². The largest absolute Gasteiger partial charge is 0.342 e. The number of aryl methyl sites for hydroxylation is 1. The first-order valence-corrected chi connectivity index (χ1v) is 9.46. The van der Waals surface area contributed by atoms with Gasteiger partial charge in [0, 0.05) is 25.3 Å². The number of amides is 1. The highest BCUT2D eigenvalue weighted by Crippen LogP contribution is 2.32. The summed E-state index contributed by atoms with van der Waals surface area (Å²) in [6.07, 6.45) is 1.59. The van der Waals surface area contributed by atoms with E-state index in [0.29, 0.717) is 18.3 Å². The van der Waals surface area contributed by atoms with Crippen LogP contribution in [-0.4, -0.2) is 44.8 Å². The van der Waals surface area contributed by atoms with Gasteiger partial charge in [-0.25, -0.2) is 4.98 Å². The van der Waals surface area contributed by atoms with Gasteiger partial charge in [-0.2, -0.15) is 0 Å². The van der Waals surface area contributed by atoms with Crippen molar-refractivity contribution in [2.24, 2.45) is 5.92 Å². The van der Waals surface area contributed by atoms with Crippen molar-refractivity contribution in [2.45, 2.75) is 37.8 Å². The van der Waals surface area contributed by atoms with Gasteiger partial charge in [-0.05, 0) is 30.7 Å². The second kappa shape index (κ2) is 7.83. The second-order valence-electron chi connectivity index (χ2n) is 6.42. The van der Waals surface area contributed by atoms with Crippen LogP contribution in [0.4, 0.5) is 0 Å². The molecule has 0 radical (unpaired) electrons. The lowest BCUT2D eigenvalue weighted by Crippen LogP contribution is -2.42. The lowest BCUT2D eigenvalue weighted by Gasteiger charge is -2.37. The number of carbonyl (C=O) groups excluding carboxylic acids is 1. The van der Waals surface area contributed by atoms with Gasteiger partial charge in [-0.3, -0.25) is 9.89 Å². The topological polar surface area (TPSA) is 61.9 Å². The van der Waals surface area contributed by atoms with E-state index in [1.165, 1.54) is 17.3 Å². The molecule has 1 amide bonds. The van der Waals surface area contributed by atoms with E-state index >= 15 is 0 Å². The van der Waals surface area contributed by atoms with Gasteiger partial charge in [0.15, 0.2) is 0 Å². The van der Waals surface area contributed by atoms with Crippen LogP contribution in [0.1, 0.15) is 37.1 Å². The molecule has 1 aliphatic rings. The summed E-state index contributed by atoms with van der Waals surface area (Å²) in [5, 5.41) is 7.62. The molecule has 2 atom stereocenters. The van der Waals surface area contributed by atoms with E-state index in [1.807, 2.05) is 11.8 Å². The Labute approximate surface area is 147 Å². The zero-order valence-electron chi connectivity index (χ0n) is 14.2. The minimum Gasteiger partial charge on any atom is -0.342 e. The third-order valence-electron chi connectivity index (χ3n) is 4.61. The van der Waals surface area contributed by atoms with Crippen molar-refractivity contribution in [3.05, 3.63) is 41.7 Å². The Bertz CT molecular complexity index is 673. The number of H-pyrrole nitrogens is 1. The zero-order valence-corrected chi connectivity index (χ0v) is 15.1. The number of aromatic amines is 1. The first-order valence-electron chi connectivity index (χ1n) is 8.48. The molecule has 1 fully saturated rings. The first-order chi connectivity index (χ1) is 11.6. The van der Waals surface area contributed by atoms with Crippen LogP contribution >= 0.6 is 11.8 Å². The monoisotopic (exact) mass is 344 g/mol. The van der Waals surface area contributed by atoms with Crippen LogP contribution in [0.3, 0.4) is 0 Å². The molecule has 2 heterocycles.